The molecular formula is C17H10N4S. The molecule has 0 radical (unpaired) electrons. The van der Waals surface area contributed by atoms with Crippen LogP contribution < -0.4 is 0 Å². The molecule has 0 bridgehead atoms. The van der Waals surface area contributed by atoms with Gasteiger partial charge in [0.15, 0.2) is 5.65 Å². The lowest BCUT2D eigenvalue weighted by Crippen LogP contribution is -1.92. The van der Waals surface area contributed by atoms with Gasteiger partial charge in [-0.1, -0.05) is 12.1 Å². The Kier molecular flexibility index (Phi) is 2.95. The monoisotopic (exact) mass is 302 g/mol. The molecule has 22 heavy (non-hydrogen) atoms. The molecule has 0 aliphatic rings. The Bertz CT molecular complexity index is 976. The number of hydrogen-bond donors (Lipinski definition) is 0. The van der Waals surface area contributed by atoms with E-state index in [0.29, 0.717) is 5.56 Å². The number of aromatic nitrogens is 3. The van der Waals surface area contributed by atoms with Crippen LogP contribution in [0, 0.1) is 11.3 Å². The van der Waals surface area contributed by atoms with Crippen LogP contribution >= 0.6 is 11.3 Å². The second-order valence-corrected chi connectivity index (χ2v) is 5.63. The van der Waals surface area contributed by atoms with Crippen molar-refractivity contribution in [2.24, 2.45) is 0 Å². The van der Waals surface area contributed by atoms with Gasteiger partial charge in [-0.05, 0) is 23.6 Å². The lowest BCUT2D eigenvalue weighted by molar-refractivity contribution is 1.14. The van der Waals surface area contributed by atoms with Crippen molar-refractivity contribution in [2.45, 2.75) is 0 Å². The van der Waals surface area contributed by atoms with Crippen molar-refractivity contribution in [3.05, 3.63) is 65.2 Å². The maximum Gasteiger partial charge on any atom is 0.155 e. The van der Waals surface area contributed by atoms with E-state index in [1.807, 2.05) is 46.4 Å². The highest BCUT2D eigenvalue weighted by molar-refractivity contribution is 7.08. The summed E-state index contributed by atoms with van der Waals surface area (Å²) in [5.74, 6) is 0. The number of nitriles is 1. The van der Waals surface area contributed by atoms with Crippen molar-refractivity contribution in [1.82, 2.24) is 14.4 Å². The van der Waals surface area contributed by atoms with Gasteiger partial charge in [-0.2, -0.15) is 16.6 Å². The number of fused-ring (bicyclic) bond motifs is 1. The molecule has 4 rings (SSSR count). The summed E-state index contributed by atoms with van der Waals surface area (Å²) < 4.78 is 2.03. The number of nitrogens with zero attached hydrogens (tertiary/aromatic N) is 4. The van der Waals surface area contributed by atoms with Gasteiger partial charge in [0.05, 0.1) is 35.4 Å². The highest BCUT2D eigenvalue weighted by atomic mass is 32.1. The molecule has 104 valence electrons. The van der Waals surface area contributed by atoms with Gasteiger partial charge in [0.25, 0.3) is 0 Å². The van der Waals surface area contributed by atoms with Crippen LogP contribution in [-0.4, -0.2) is 14.4 Å². The van der Waals surface area contributed by atoms with Gasteiger partial charge < -0.3 is 0 Å². The first-order chi connectivity index (χ1) is 10.8. The predicted molar refractivity (Wildman–Crippen MR) is 86.5 cm³/mol. The van der Waals surface area contributed by atoms with Crippen LogP contribution in [-0.2, 0) is 0 Å². The van der Waals surface area contributed by atoms with Crippen molar-refractivity contribution in [3.8, 4) is 28.6 Å². The third-order valence-electron chi connectivity index (χ3n) is 3.52. The van der Waals surface area contributed by atoms with Crippen LogP contribution in [0.1, 0.15) is 5.56 Å². The van der Waals surface area contributed by atoms with E-state index in [1.54, 1.807) is 17.5 Å². The zero-order valence-electron chi connectivity index (χ0n) is 11.5. The Morgan fingerprint density at radius 2 is 1.86 bits per heavy atom. The van der Waals surface area contributed by atoms with Crippen LogP contribution in [0.4, 0.5) is 0 Å². The largest absolute Gasteiger partial charge is 0.296 e. The van der Waals surface area contributed by atoms with Gasteiger partial charge in [-0.3, -0.25) is 9.38 Å². The summed E-state index contributed by atoms with van der Waals surface area (Å²) >= 11 is 1.65. The van der Waals surface area contributed by atoms with Crippen molar-refractivity contribution in [3.63, 3.8) is 0 Å². The maximum atomic E-state index is 8.90. The zero-order chi connectivity index (χ0) is 14.9. The summed E-state index contributed by atoms with van der Waals surface area (Å²) in [6, 6.07) is 11.7. The fraction of sp³-hybridized carbons (Fsp3) is 0. The Labute approximate surface area is 131 Å². The normalized spacial score (nSPS) is 10.7. The molecule has 4 nitrogen and oxygen atoms in total. The van der Waals surface area contributed by atoms with E-state index >= 15 is 0 Å². The van der Waals surface area contributed by atoms with Crippen molar-refractivity contribution in [1.29, 1.82) is 5.26 Å². The van der Waals surface area contributed by atoms with Gasteiger partial charge in [-0.25, -0.2) is 4.98 Å². The molecule has 1 aromatic carbocycles. The number of thiophene rings is 1. The van der Waals surface area contributed by atoms with E-state index in [9.17, 15) is 0 Å². The molecule has 0 saturated heterocycles. The average molecular weight is 302 g/mol. The molecule has 0 amide bonds. The summed E-state index contributed by atoms with van der Waals surface area (Å²) in [7, 11) is 0. The molecule has 3 aromatic heterocycles. The Hall–Kier alpha value is -2.97. The molecule has 0 saturated carbocycles. The smallest absolute Gasteiger partial charge is 0.155 e. The van der Waals surface area contributed by atoms with Crippen LogP contribution in [0.25, 0.3) is 28.2 Å². The summed E-state index contributed by atoms with van der Waals surface area (Å²) in [4.78, 5) is 8.86. The summed E-state index contributed by atoms with van der Waals surface area (Å²) in [6.07, 6.45) is 5.61. The second-order valence-electron chi connectivity index (χ2n) is 4.85. The lowest BCUT2D eigenvalue weighted by atomic mass is 10.1. The minimum absolute atomic E-state index is 0.651. The third kappa shape index (κ3) is 2.07. The van der Waals surface area contributed by atoms with Crippen molar-refractivity contribution >= 4 is 17.0 Å². The van der Waals surface area contributed by atoms with Crippen LogP contribution in [0.5, 0.6) is 0 Å². The molecule has 0 N–H and O–H groups in total. The SMILES string of the molecule is N#Cc1ccc(-c2cnc3cnc(-c4ccsc4)cn23)cc1. The molecule has 0 spiro atoms. The Balaban J connectivity index is 1.87. The molecule has 0 aliphatic carbocycles. The molecule has 0 fully saturated rings. The van der Waals surface area contributed by atoms with Crippen molar-refractivity contribution < 1.29 is 0 Å². The minimum atomic E-state index is 0.651. The molecule has 0 atom stereocenters. The van der Waals surface area contributed by atoms with E-state index in [1.165, 1.54) is 0 Å². The van der Waals surface area contributed by atoms with E-state index in [2.05, 4.69) is 27.5 Å². The quantitative estimate of drug-likeness (QED) is 0.562. The van der Waals surface area contributed by atoms with E-state index in [0.717, 1.165) is 28.2 Å². The fourth-order valence-corrected chi connectivity index (χ4v) is 3.03. The fourth-order valence-electron chi connectivity index (χ4n) is 2.38. The van der Waals surface area contributed by atoms with Gasteiger partial charge in [0.1, 0.15) is 0 Å². The average Bonchev–Trinajstić information content (AvgIpc) is 3.24. The Morgan fingerprint density at radius 1 is 1.00 bits per heavy atom. The molecular weight excluding hydrogens is 292 g/mol. The third-order valence-corrected chi connectivity index (χ3v) is 4.21. The first-order valence-corrected chi connectivity index (χ1v) is 7.65. The number of hydrogen-bond acceptors (Lipinski definition) is 4. The van der Waals surface area contributed by atoms with Gasteiger partial charge >= 0.3 is 0 Å². The number of imidazole rings is 1. The van der Waals surface area contributed by atoms with E-state index < -0.39 is 0 Å². The predicted octanol–water partition coefficient (Wildman–Crippen LogP) is 4.00. The zero-order valence-corrected chi connectivity index (χ0v) is 12.3. The first kappa shape index (κ1) is 12.7. The lowest BCUT2D eigenvalue weighted by Gasteiger charge is -2.04. The second kappa shape index (κ2) is 5.10. The summed E-state index contributed by atoms with van der Waals surface area (Å²) in [5, 5.41) is 13.0. The number of benzene rings is 1. The molecule has 0 unspecified atom stereocenters. The first-order valence-electron chi connectivity index (χ1n) is 6.71. The standard InChI is InChI=1S/C17H10N4S/c18-7-12-1-3-13(4-2-12)16-8-20-17-9-19-15(10-21(16)17)14-5-6-22-11-14/h1-6,8-11H. The highest BCUT2D eigenvalue weighted by Gasteiger charge is 2.08. The molecule has 0 aliphatic heterocycles. The molecule has 5 heteroatoms. The van der Waals surface area contributed by atoms with E-state index in [-0.39, 0.29) is 0 Å². The number of rotatable bonds is 2. The minimum Gasteiger partial charge on any atom is -0.296 e. The highest BCUT2D eigenvalue weighted by Crippen LogP contribution is 2.24. The molecule has 4 aromatic rings. The molecule has 3 heterocycles. The maximum absolute atomic E-state index is 8.90. The Morgan fingerprint density at radius 3 is 2.59 bits per heavy atom. The van der Waals surface area contributed by atoms with Gasteiger partial charge in [0.2, 0.25) is 0 Å². The van der Waals surface area contributed by atoms with Crippen LogP contribution in [0.15, 0.2) is 59.7 Å². The van der Waals surface area contributed by atoms with Gasteiger partial charge in [0, 0.05) is 22.7 Å². The van der Waals surface area contributed by atoms with Gasteiger partial charge in [-0.15, -0.1) is 0 Å². The van der Waals surface area contributed by atoms with Crippen molar-refractivity contribution in [2.75, 3.05) is 0 Å². The van der Waals surface area contributed by atoms with Crippen LogP contribution in [0.2, 0.25) is 0 Å². The van der Waals surface area contributed by atoms with E-state index in [4.69, 9.17) is 5.26 Å². The summed E-state index contributed by atoms with van der Waals surface area (Å²) in [5.41, 5.74) is 5.48. The van der Waals surface area contributed by atoms with Crippen LogP contribution in [0.3, 0.4) is 0 Å². The topological polar surface area (TPSA) is 54.0 Å². The summed E-state index contributed by atoms with van der Waals surface area (Å²) in [6.45, 7) is 0.